The van der Waals surface area contributed by atoms with Gasteiger partial charge in [-0.15, -0.1) is 0 Å². The van der Waals surface area contributed by atoms with Crippen LogP contribution < -0.4 is 10.1 Å². The quantitative estimate of drug-likeness (QED) is 0.109. The fourth-order valence-electron chi connectivity index (χ4n) is 28.7. The van der Waals surface area contributed by atoms with Crippen molar-refractivity contribution in [3.05, 3.63) is 118 Å². The number of ether oxygens (including phenoxy) is 1. The first-order chi connectivity index (χ1) is 47.2. The van der Waals surface area contributed by atoms with Gasteiger partial charge in [-0.2, -0.15) is 0 Å². The summed E-state index contributed by atoms with van der Waals surface area (Å²) >= 11 is 0. The van der Waals surface area contributed by atoms with Crippen molar-refractivity contribution in [3.8, 4) is 28.5 Å². The van der Waals surface area contributed by atoms with Gasteiger partial charge in [-0.05, 0) is 393 Å². The van der Waals surface area contributed by atoms with Gasteiger partial charge in [0.2, 0.25) is 0 Å². The molecule has 0 fully saturated rings. The Labute approximate surface area is 526 Å². The minimum atomic E-state index is -0.390. The number of fused-ring (bicyclic) bond motifs is 1. The lowest BCUT2D eigenvalue weighted by atomic mass is 9.43. The van der Waals surface area contributed by atoms with Crippen LogP contribution in [0.25, 0.3) is 314 Å². The van der Waals surface area contributed by atoms with Crippen molar-refractivity contribution in [2.75, 3.05) is 13.2 Å². The second-order valence-electron chi connectivity index (χ2n) is 32.1. The average Bonchev–Trinajstić information content (AvgIpc) is 1.38. The normalized spacial score (nSPS) is 19.4. The number of aromatic nitrogens is 3. The van der Waals surface area contributed by atoms with Crippen molar-refractivity contribution < 1.29 is 9.53 Å². The molecule has 0 unspecified atom stereocenters. The van der Waals surface area contributed by atoms with Gasteiger partial charge in [-0.25, -0.2) is 4.98 Å². The summed E-state index contributed by atoms with van der Waals surface area (Å²) in [6.45, 7) is 1.17. The summed E-state index contributed by atoms with van der Waals surface area (Å²) in [6.07, 6.45) is 8.07. The Morgan fingerprint density at radius 1 is 0.326 bits per heavy atom. The number of benzene rings is 19. The lowest BCUT2D eigenvalue weighted by Crippen LogP contribution is -2.56. The van der Waals surface area contributed by atoms with Crippen LogP contribution in [0.5, 0.6) is 5.75 Å². The fourth-order valence-corrected chi connectivity index (χ4v) is 28.7. The number of unbranched alkanes of at least 4 members (excludes halogenated alkanes) is 2. The highest BCUT2D eigenvalue weighted by atomic mass is 16.5. The van der Waals surface area contributed by atoms with E-state index in [1.54, 1.807) is 326 Å². The molecular formula is C89H28N4O2. The van der Waals surface area contributed by atoms with Gasteiger partial charge >= 0.3 is 0 Å². The van der Waals surface area contributed by atoms with Crippen molar-refractivity contribution in [2.24, 2.45) is 0 Å². The number of rotatable bonds is 10. The van der Waals surface area contributed by atoms with Crippen molar-refractivity contribution in [3.63, 3.8) is 0 Å². The zero-order valence-electron chi connectivity index (χ0n) is 49.6. The molecule has 1 N–H and O–H groups in total. The lowest BCUT2D eigenvalue weighted by molar-refractivity contribution is 0.0952. The maximum absolute atomic E-state index is 15.0. The molecule has 37 rings (SSSR count). The van der Waals surface area contributed by atoms with Crippen LogP contribution in [0.1, 0.15) is 63.0 Å². The highest BCUT2D eigenvalue weighted by Crippen LogP contribution is 2.85. The fraction of sp³-hybridized carbons (Fsp3) is 0.101. The highest BCUT2D eigenvalue weighted by Gasteiger charge is 2.71. The van der Waals surface area contributed by atoms with E-state index in [9.17, 15) is 4.79 Å². The van der Waals surface area contributed by atoms with Crippen LogP contribution >= 0.6 is 0 Å². The van der Waals surface area contributed by atoms with Crippen molar-refractivity contribution >= 4 is 297 Å². The van der Waals surface area contributed by atoms with Gasteiger partial charge in [0.25, 0.3) is 5.91 Å². The molecule has 416 valence electrons. The number of hydrogen-bond donors (Lipinski definition) is 1. The summed E-state index contributed by atoms with van der Waals surface area (Å²) in [7, 11) is 0. The van der Waals surface area contributed by atoms with Crippen LogP contribution in [0.4, 0.5) is 0 Å². The number of nitrogens with zero attached hydrogens (tertiary/aromatic N) is 3. The molecule has 2 spiro atoms. The number of carbonyl (C=O) groups is 1. The molecule has 0 atom stereocenters. The van der Waals surface area contributed by atoms with E-state index in [1.807, 2.05) is 48.5 Å². The Bertz CT molecular complexity index is 8660. The molecule has 5 aliphatic carbocycles. The SMILES string of the molecule is O=C(NCCCCCOc1cc(-c2ccccn2)nc(-c2ccccn2)c1)c1ccc2c(c1)CC13c4c5c6c7c8c9c(c%10c%11c1c1c4c4c%12c5c5c6c6c8c8c%13c9c9c%10c%10c%11c%11c1c1c4c4c%12c%12c5c5c6c8c6c8c%13c9c9c%10c%10c%11c1c1c4c4c%12c5c6c5c8c9c%10c1c45)C73C2. The van der Waals surface area contributed by atoms with Crippen LogP contribution in [0.2, 0.25) is 0 Å². The first-order valence-corrected chi connectivity index (χ1v) is 34.8. The molecule has 0 saturated heterocycles. The zero-order valence-corrected chi connectivity index (χ0v) is 49.6. The van der Waals surface area contributed by atoms with Crippen LogP contribution in [-0.2, 0) is 23.7 Å². The predicted octanol–water partition coefficient (Wildman–Crippen LogP) is 21.6. The second-order valence-corrected chi connectivity index (χ2v) is 32.1. The first-order valence-electron chi connectivity index (χ1n) is 34.8. The van der Waals surface area contributed by atoms with E-state index in [1.165, 1.54) is 11.1 Å². The standard InChI is InChI=1S/C89H28N4O2/c94-87(92-14-4-1-7-15-95-24-17-27(25-8-2-5-12-90-25)93-28(18-24)26-9-3-6-13-91-26)21-10-11-22-19-88-83-75-67-57-47-39-31-29-30-33-37-35(31)43-51-45(37)55-49-41(33)42-34(30)38-36-32(29)40(39)48-54-44(36)52-46(38)56-50(42)60-59(49)69-63(55)73-65(51)71(61(67)53(43)47)79(83)81(73)85-77(69)78-70(60)64(56)74-66(52)72-62(54)68(58(48)57)76(75)84(88)80(72)82(74)86(78)89(85,88)20-23(22)16-21/h2-3,5-6,8-13,16-18H,1,4,7,14-15,19-20H2,(H,92,94). The van der Waals surface area contributed by atoms with Gasteiger partial charge in [-0.3, -0.25) is 14.8 Å². The van der Waals surface area contributed by atoms with Crippen molar-refractivity contribution in [1.82, 2.24) is 20.3 Å². The number of hydrogen-bond acceptors (Lipinski definition) is 5. The molecule has 32 aromatic rings. The van der Waals surface area contributed by atoms with Gasteiger partial charge in [0, 0.05) is 47.5 Å². The summed E-state index contributed by atoms with van der Waals surface area (Å²) < 4.78 is 6.45. The average molecular weight is 1190 g/mol. The Hall–Kier alpha value is -11.6. The summed E-state index contributed by atoms with van der Waals surface area (Å²) in [6, 6.07) is 22.8. The van der Waals surface area contributed by atoms with Gasteiger partial charge in [0.15, 0.2) is 0 Å². The third-order valence-corrected chi connectivity index (χ3v) is 30.1. The minimum Gasteiger partial charge on any atom is -0.493 e. The first kappa shape index (κ1) is 40.4. The van der Waals surface area contributed by atoms with Crippen molar-refractivity contribution in [1.29, 1.82) is 0 Å². The molecule has 0 bridgehead atoms. The third-order valence-electron chi connectivity index (χ3n) is 30.1. The van der Waals surface area contributed by atoms with E-state index < -0.39 is 5.41 Å². The van der Waals surface area contributed by atoms with Crippen LogP contribution in [0.3, 0.4) is 0 Å². The molecule has 5 aliphatic rings. The molecule has 6 nitrogen and oxygen atoms in total. The van der Waals surface area contributed by atoms with Crippen molar-refractivity contribution in [2.45, 2.75) is 42.9 Å². The summed E-state index contributed by atoms with van der Waals surface area (Å²) in [5.74, 6) is 0.781. The number of pyridine rings is 3. The van der Waals surface area contributed by atoms with Crippen LogP contribution in [0, 0.1) is 0 Å². The molecule has 0 saturated carbocycles. The smallest absolute Gasteiger partial charge is 0.251 e. The summed E-state index contributed by atoms with van der Waals surface area (Å²) in [5.41, 5.74) is 12.8. The number of carbonyl (C=O) groups excluding carboxylic acids is 1. The van der Waals surface area contributed by atoms with E-state index in [4.69, 9.17) is 9.72 Å². The second kappa shape index (κ2) is 10.7. The van der Waals surface area contributed by atoms with Gasteiger partial charge in [0.05, 0.1) is 29.4 Å². The Morgan fingerprint density at radius 3 is 0.937 bits per heavy atom. The highest BCUT2D eigenvalue weighted by molar-refractivity contribution is 6.82. The zero-order chi connectivity index (χ0) is 58.4. The monoisotopic (exact) mass is 1180 g/mol. The van der Waals surface area contributed by atoms with Crippen LogP contribution in [0.15, 0.2) is 79.1 Å². The molecule has 3 heterocycles. The van der Waals surface area contributed by atoms with E-state index in [0.717, 1.165) is 66.2 Å². The van der Waals surface area contributed by atoms with Gasteiger partial charge < -0.3 is 10.1 Å². The van der Waals surface area contributed by atoms with E-state index >= 15 is 0 Å². The number of nitrogens with one attached hydrogen (secondary N) is 1. The van der Waals surface area contributed by atoms with Gasteiger partial charge in [0.1, 0.15) is 5.75 Å². The molecule has 1 amide bonds. The topological polar surface area (TPSA) is 77.0 Å². The lowest BCUT2D eigenvalue weighted by Gasteiger charge is -2.57. The van der Waals surface area contributed by atoms with E-state index in [2.05, 4.69) is 33.5 Å². The summed E-state index contributed by atoms with van der Waals surface area (Å²) in [4.78, 5) is 29.1. The van der Waals surface area contributed by atoms with E-state index in [-0.39, 0.29) is 11.3 Å². The molecule has 3 aromatic heterocycles. The maximum Gasteiger partial charge on any atom is 0.251 e. The third kappa shape index (κ3) is 2.82. The maximum atomic E-state index is 15.0. The summed E-state index contributed by atoms with van der Waals surface area (Å²) in [5, 5.41) is 91.5. The molecule has 29 aromatic carbocycles. The Balaban J connectivity index is 0.631. The van der Waals surface area contributed by atoms with E-state index in [0.29, 0.717) is 13.2 Å². The molecule has 6 heteroatoms. The molecule has 95 heavy (non-hydrogen) atoms. The molecule has 0 radical (unpaired) electrons. The largest absolute Gasteiger partial charge is 0.493 e. The Kier molecular flexibility index (Phi) is 4.53. The van der Waals surface area contributed by atoms with Crippen LogP contribution in [-0.4, -0.2) is 34.0 Å². The van der Waals surface area contributed by atoms with Gasteiger partial charge in [-0.1, -0.05) is 18.2 Å². The predicted molar refractivity (Wildman–Crippen MR) is 390 cm³/mol. The molecular weight excluding hydrogens is 1160 g/mol. The number of amides is 1. The minimum absolute atomic E-state index is 0.0310. The Morgan fingerprint density at radius 2 is 0.632 bits per heavy atom. The molecule has 0 aliphatic heterocycles.